The number of hydrogen-bond acceptors (Lipinski definition) is 3. The van der Waals surface area contributed by atoms with E-state index in [1.807, 2.05) is 6.07 Å². The molecule has 0 radical (unpaired) electrons. The van der Waals surface area contributed by atoms with Crippen molar-refractivity contribution >= 4 is 23.2 Å². The van der Waals surface area contributed by atoms with E-state index >= 15 is 0 Å². The fourth-order valence-electron chi connectivity index (χ4n) is 2.91. The molecule has 21 heavy (non-hydrogen) atoms. The predicted octanol–water partition coefficient (Wildman–Crippen LogP) is 3.06. The molecular formula is C17H23ClN2O. The molecule has 1 saturated heterocycles. The second-order valence-electron chi connectivity index (χ2n) is 5.64. The number of nitrogens with zero attached hydrogens (tertiary/aromatic N) is 1. The lowest BCUT2D eigenvalue weighted by Gasteiger charge is -2.31. The lowest BCUT2D eigenvalue weighted by molar-refractivity contribution is 0.200. The van der Waals surface area contributed by atoms with Crippen LogP contribution in [0.2, 0.25) is 0 Å². The van der Waals surface area contributed by atoms with Crippen molar-refractivity contribution in [2.45, 2.75) is 19.5 Å². The molecule has 0 bridgehead atoms. The standard InChI is InChI=1S/C17H22N2O.ClH/c1-13-11-19(8-7-18-13)12-14-3-4-16-10-17(20-2)6-5-15(16)9-14;/h3-6,9-10,13,18H,7-8,11-12H2,1-2H3;1H/t13-;/m1./s1. The van der Waals surface area contributed by atoms with Crippen molar-refractivity contribution in [1.29, 1.82) is 0 Å². The molecule has 1 aliphatic rings. The highest BCUT2D eigenvalue weighted by atomic mass is 35.5. The Labute approximate surface area is 132 Å². The van der Waals surface area contributed by atoms with Crippen LogP contribution >= 0.6 is 12.4 Å². The molecule has 2 aromatic carbocycles. The molecule has 1 aliphatic heterocycles. The molecule has 4 heteroatoms. The lowest BCUT2D eigenvalue weighted by atomic mass is 10.1. The van der Waals surface area contributed by atoms with Gasteiger partial charge in [0.05, 0.1) is 7.11 Å². The van der Waals surface area contributed by atoms with E-state index in [0.717, 1.165) is 31.9 Å². The van der Waals surface area contributed by atoms with E-state index in [-0.39, 0.29) is 12.4 Å². The summed E-state index contributed by atoms with van der Waals surface area (Å²) in [5.41, 5.74) is 1.39. The Kier molecular flexibility index (Phi) is 5.45. The van der Waals surface area contributed by atoms with Crippen LogP contribution in [-0.4, -0.2) is 37.7 Å². The normalized spacial score (nSPS) is 19.2. The molecule has 0 unspecified atom stereocenters. The summed E-state index contributed by atoms with van der Waals surface area (Å²) >= 11 is 0. The van der Waals surface area contributed by atoms with Gasteiger partial charge in [0.25, 0.3) is 0 Å². The minimum Gasteiger partial charge on any atom is -0.497 e. The molecular weight excluding hydrogens is 284 g/mol. The summed E-state index contributed by atoms with van der Waals surface area (Å²) in [5.74, 6) is 0.918. The van der Waals surface area contributed by atoms with Gasteiger partial charge in [0.2, 0.25) is 0 Å². The first-order valence-corrected chi connectivity index (χ1v) is 7.27. The minimum absolute atomic E-state index is 0. The highest BCUT2D eigenvalue weighted by Crippen LogP contribution is 2.22. The maximum Gasteiger partial charge on any atom is 0.119 e. The summed E-state index contributed by atoms with van der Waals surface area (Å²) in [4.78, 5) is 2.52. The number of halogens is 1. The third kappa shape index (κ3) is 3.88. The van der Waals surface area contributed by atoms with Crippen LogP contribution in [0, 0.1) is 0 Å². The van der Waals surface area contributed by atoms with Crippen LogP contribution in [0.25, 0.3) is 10.8 Å². The van der Waals surface area contributed by atoms with Gasteiger partial charge >= 0.3 is 0 Å². The van der Waals surface area contributed by atoms with E-state index < -0.39 is 0 Å². The number of ether oxygens (including phenoxy) is 1. The summed E-state index contributed by atoms with van der Waals surface area (Å²) in [7, 11) is 1.71. The molecule has 114 valence electrons. The predicted molar refractivity (Wildman–Crippen MR) is 90.5 cm³/mol. The van der Waals surface area contributed by atoms with Crippen molar-refractivity contribution in [3.8, 4) is 5.75 Å². The second kappa shape index (κ2) is 7.12. The van der Waals surface area contributed by atoms with E-state index in [9.17, 15) is 0 Å². The fourth-order valence-corrected chi connectivity index (χ4v) is 2.91. The van der Waals surface area contributed by atoms with Crippen LogP contribution in [0.3, 0.4) is 0 Å². The van der Waals surface area contributed by atoms with Crippen molar-refractivity contribution in [3.63, 3.8) is 0 Å². The van der Waals surface area contributed by atoms with Crippen molar-refractivity contribution < 1.29 is 4.74 Å². The molecule has 1 N–H and O–H groups in total. The van der Waals surface area contributed by atoms with Crippen LogP contribution in [0.4, 0.5) is 0 Å². The molecule has 0 spiro atoms. The molecule has 2 aromatic rings. The molecule has 0 aromatic heterocycles. The highest BCUT2D eigenvalue weighted by Gasteiger charge is 2.15. The first-order valence-electron chi connectivity index (χ1n) is 7.27. The molecule has 0 amide bonds. The molecule has 0 aliphatic carbocycles. The molecule has 1 fully saturated rings. The number of hydrogen-bond donors (Lipinski definition) is 1. The van der Waals surface area contributed by atoms with E-state index in [2.05, 4.69) is 47.5 Å². The summed E-state index contributed by atoms with van der Waals surface area (Å²) in [5, 5.41) is 6.01. The van der Waals surface area contributed by atoms with Gasteiger partial charge in [-0.05, 0) is 41.5 Å². The second-order valence-corrected chi connectivity index (χ2v) is 5.64. The average molecular weight is 307 g/mol. The molecule has 0 saturated carbocycles. The topological polar surface area (TPSA) is 24.5 Å². The number of nitrogens with one attached hydrogen (secondary N) is 1. The van der Waals surface area contributed by atoms with Gasteiger partial charge < -0.3 is 10.1 Å². The van der Waals surface area contributed by atoms with Gasteiger partial charge in [-0.15, -0.1) is 12.4 Å². The number of rotatable bonds is 3. The Balaban J connectivity index is 0.00000161. The van der Waals surface area contributed by atoms with E-state index in [1.165, 1.54) is 16.3 Å². The zero-order valence-corrected chi connectivity index (χ0v) is 13.5. The summed E-state index contributed by atoms with van der Waals surface area (Å²) in [6, 6.07) is 13.6. The van der Waals surface area contributed by atoms with E-state index in [1.54, 1.807) is 7.11 Å². The van der Waals surface area contributed by atoms with E-state index in [4.69, 9.17) is 4.74 Å². The minimum atomic E-state index is 0. The third-order valence-corrected chi connectivity index (χ3v) is 3.97. The van der Waals surface area contributed by atoms with Crippen molar-refractivity contribution in [2.75, 3.05) is 26.7 Å². The monoisotopic (exact) mass is 306 g/mol. The molecule has 3 rings (SSSR count). The van der Waals surface area contributed by atoms with Crippen LogP contribution in [0.1, 0.15) is 12.5 Å². The van der Waals surface area contributed by atoms with E-state index in [0.29, 0.717) is 6.04 Å². The maximum atomic E-state index is 5.27. The molecule has 1 heterocycles. The first-order chi connectivity index (χ1) is 9.74. The Morgan fingerprint density at radius 1 is 1.19 bits per heavy atom. The SMILES string of the molecule is COc1ccc2cc(CN3CCN[C@H](C)C3)ccc2c1.Cl. The Bertz CT molecular complexity index is 602. The smallest absolute Gasteiger partial charge is 0.119 e. The first kappa shape index (κ1) is 16.1. The maximum absolute atomic E-state index is 5.27. The van der Waals surface area contributed by atoms with Gasteiger partial charge in [-0.2, -0.15) is 0 Å². The lowest BCUT2D eigenvalue weighted by Crippen LogP contribution is -2.48. The number of fused-ring (bicyclic) bond motifs is 1. The third-order valence-electron chi connectivity index (χ3n) is 3.97. The van der Waals surface area contributed by atoms with Crippen LogP contribution in [0.5, 0.6) is 5.75 Å². The van der Waals surface area contributed by atoms with Crippen LogP contribution in [0.15, 0.2) is 36.4 Å². The largest absolute Gasteiger partial charge is 0.497 e. The zero-order chi connectivity index (χ0) is 13.9. The highest BCUT2D eigenvalue weighted by molar-refractivity contribution is 5.85. The summed E-state index contributed by atoms with van der Waals surface area (Å²) in [6.07, 6.45) is 0. The van der Waals surface area contributed by atoms with Crippen LogP contribution in [-0.2, 0) is 6.54 Å². The summed E-state index contributed by atoms with van der Waals surface area (Å²) < 4.78 is 5.27. The zero-order valence-electron chi connectivity index (χ0n) is 12.6. The van der Waals surface area contributed by atoms with Gasteiger partial charge in [-0.1, -0.05) is 18.2 Å². The van der Waals surface area contributed by atoms with Gasteiger partial charge in [0.15, 0.2) is 0 Å². The number of methoxy groups -OCH3 is 1. The van der Waals surface area contributed by atoms with Gasteiger partial charge in [-0.3, -0.25) is 4.90 Å². The number of benzene rings is 2. The van der Waals surface area contributed by atoms with Crippen molar-refractivity contribution in [1.82, 2.24) is 10.2 Å². The Hall–Kier alpha value is -1.29. The van der Waals surface area contributed by atoms with Gasteiger partial charge in [0, 0.05) is 32.2 Å². The van der Waals surface area contributed by atoms with Crippen LogP contribution < -0.4 is 10.1 Å². The van der Waals surface area contributed by atoms with Crippen molar-refractivity contribution in [2.24, 2.45) is 0 Å². The quantitative estimate of drug-likeness (QED) is 0.943. The molecule has 1 atom stereocenters. The van der Waals surface area contributed by atoms with Gasteiger partial charge in [-0.25, -0.2) is 0 Å². The Morgan fingerprint density at radius 3 is 2.71 bits per heavy atom. The fraction of sp³-hybridized carbons (Fsp3) is 0.412. The van der Waals surface area contributed by atoms with Crippen molar-refractivity contribution in [3.05, 3.63) is 42.0 Å². The molecule has 3 nitrogen and oxygen atoms in total. The average Bonchev–Trinajstić information content (AvgIpc) is 2.47. The van der Waals surface area contributed by atoms with Gasteiger partial charge in [0.1, 0.15) is 5.75 Å². The Morgan fingerprint density at radius 2 is 1.95 bits per heavy atom. The summed E-state index contributed by atoms with van der Waals surface area (Å²) in [6.45, 7) is 6.63. The number of piperazine rings is 1.